The summed E-state index contributed by atoms with van der Waals surface area (Å²) in [5, 5.41) is 9.85. The molecule has 100 valence electrons. The third-order valence-corrected chi connectivity index (χ3v) is 3.95. The number of rotatable bonds is 3. The Kier molecular flexibility index (Phi) is 4.38. The van der Waals surface area contributed by atoms with Crippen LogP contribution in [0.3, 0.4) is 0 Å². The van der Waals surface area contributed by atoms with Crippen LogP contribution in [-0.2, 0) is 6.54 Å². The number of benzene rings is 1. The van der Waals surface area contributed by atoms with Gasteiger partial charge in [0.1, 0.15) is 0 Å². The zero-order valence-electron chi connectivity index (χ0n) is 11.6. The van der Waals surface area contributed by atoms with Crippen molar-refractivity contribution >= 4 is 0 Å². The van der Waals surface area contributed by atoms with Gasteiger partial charge >= 0.3 is 0 Å². The van der Waals surface area contributed by atoms with Gasteiger partial charge in [0.2, 0.25) is 0 Å². The Labute approximate surface area is 110 Å². The highest BCUT2D eigenvalue weighted by molar-refractivity contribution is 5.14. The summed E-state index contributed by atoms with van der Waals surface area (Å²) in [6.45, 7) is 7.07. The largest absolute Gasteiger partial charge is 0.392 e. The molecule has 1 unspecified atom stereocenters. The molecule has 0 saturated carbocycles. The van der Waals surface area contributed by atoms with Crippen LogP contribution in [0.2, 0.25) is 0 Å². The van der Waals surface area contributed by atoms with E-state index >= 15 is 0 Å². The molecule has 2 rings (SSSR count). The van der Waals surface area contributed by atoms with E-state index in [-0.39, 0.29) is 12.1 Å². The molecule has 3 atom stereocenters. The van der Waals surface area contributed by atoms with Crippen molar-refractivity contribution in [1.29, 1.82) is 0 Å². The number of hydrogen-bond donors (Lipinski definition) is 1. The van der Waals surface area contributed by atoms with Crippen molar-refractivity contribution in [2.45, 2.75) is 38.6 Å². The molecule has 18 heavy (non-hydrogen) atoms. The quantitative estimate of drug-likeness (QED) is 0.879. The molecule has 1 heterocycles. The fraction of sp³-hybridized carbons (Fsp3) is 0.600. The summed E-state index contributed by atoms with van der Waals surface area (Å²) >= 11 is 0. The molecule has 0 spiro atoms. The molecule has 0 radical (unpaired) electrons. The maximum absolute atomic E-state index is 9.85. The van der Waals surface area contributed by atoms with Crippen molar-refractivity contribution in [2.24, 2.45) is 0 Å². The van der Waals surface area contributed by atoms with Crippen LogP contribution in [0.4, 0.5) is 0 Å². The van der Waals surface area contributed by atoms with Gasteiger partial charge in [-0.1, -0.05) is 30.3 Å². The van der Waals surface area contributed by atoms with E-state index in [2.05, 4.69) is 54.1 Å². The number of piperazine rings is 1. The van der Waals surface area contributed by atoms with Crippen LogP contribution >= 0.6 is 0 Å². The van der Waals surface area contributed by atoms with E-state index in [0.717, 1.165) is 19.6 Å². The Morgan fingerprint density at radius 3 is 2.56 bits per heavy atom. The standard InChI is InChI=1S/C15H24N2O/c1-12-9-16(3)15(13(2)18)11-17(12)10-14-7-5-4-6-8-14/h4-8,12-13,15,18H,9-11H2,1-3H3/t12-,13?,15+/m0/s1. The molecular weight excluding hydrogens is 224 g/mol. The Hall–Kier alpha value is -0.900. The number of nitrogens with zero attached hydrogens (tertiary/aromatic N) is 2. The summed E-state index contributed by atoms with van der Waals surface area (Å²) in [5.74, 6) is 0. The first-order valence-electron chi connectivity index (χ1n) is 6.74. The van der Waals surface area contributed by atoms with Gasteiger partial charge < -0.3 is 5.11 Å². The Morgan fingerprint density at radius 2 is 1.94 bits per heavy atom. The molecule has 3 nitrogen and oxygen atoms in total. The van der Waals surface area contributed by atoms with Gasteiger partial charge in [0, 0.05) is 31.7 Å². The third-order valence-electron chi connectivity index (χ3n) is 3.95. The first kappa shape index (κ1) is 13.5. The fourth-order valence-electron chi connectivity index (χ4n) is 2.79. The maximum atomic E-state index is 9.85. The van der Waals surface area contributed by atoms with Gasteiger partial charge in [-0.3, -0.25) is 9.80 Å². The first-order chi connectivity index (χ1) is 8.58. The van der Waals surface area contributed by atoms with Gasteiger partial charge in [0.15, 0.2) is 0 Å². The van der Waals surface area contributed by atoms with Gasteiger partial charge in [-0.05, 0) is 26.5 Å². The first-order valence-corrected chi connectivity index (χ1v) is 6.74. The van der Waals surface area contributed by atoms with Crippen molar-refractivity contribution in [3.05, 3.63) is 35.9 Å². The van der Waals surface area contributed by atoms with Crippen molar-refractivity contribution in [3.63, 3.8) is 0 Å². The summed E-state index contributed by atoms with van der Waals surface area (Å²) in [6.07, 6.45) is -0.277. The van der Waals surface area contributed by atoms with E-state index in [1.165, 1.54) is 5.56 Å². The lowest BCUT2D eigenvalue weighted by Crippen LogP contribution is -2.58. The van der Waals surface area contributed by atoms with Crippen LogP contribution in [0, 0.1) is 0 Å². The second kappa shape index (κ2) is 5.83. The highest BCUT2D eigenvalue weighted by atomic mass is 16.3. The average Bonchev–Trinajstić information content (AvgIpc) is 2.33. The van der Waals surface area contributed by atoms with Gasteiger partial charge in [0.05, 0.1) is 6.10 Å². The van der Waals surface area contributed by atoms with E-state index in [1.807, 2.05) is 6.92 Å². The van der Waals surface area contributed by atoms with Crippen LogP contribution in [-0.4, -0.2) is 53.2 Å². The topological polar surface area (TPSA) is 26.7 Å². The van der Waals surface area contributed by atoms with Gasteiger partial charge in [-0.15, -0.1) is 0 Å². The number of aliphatic hydroxyl groups excluding tert-OH is 1. The van der Waals surface area contributed by atoms with E-state index in [0.29, 0.717) is 6.04 Å². The van der Waals surface area contributed by atoms with E-state index in [9.17, 15) is 5.11 Å². The molecular formula is C15H24N2O. The van der Waals surface area contributed by atoms with Crippen molar-refractivity contribution in [2.75, 3.05) is 20.1 Å². The average molecular weight is 248 g/mol. The zero-order valence-corrected chi connectivity index (χ0v) is 11.6. The second-order valence-corrected chi connectivity index (χ2v) is 5.51. The molecule has 1 N–H and O–H groups in total. The maximum Gasteiger partial charge on any atom is 0.0679 e. The number of hydrogen-bond acceptors (Lipinski definition) is 3. The number of aliphatic hydroxyl groups is 1. The molecule has 1 fully saturated rings. The molecule has 0 bridgehead atoms. The van der Waals surface area contributed by atoms with Crippen molar-refractivity contribution in [3.8, 4) is 0 Å². The van der Waals surface area contributed by atoms with Crippen molar-refractivity contribution < 1.29 is 5.11 Å². The highest BCUT2D eigenvalue weighted by Gasteiger charge is 2.31. The normalized spacial score (nSPS) is 28.2. The lowest BCUT2D eigenvalue weighted by Gasteiger charge is -2.45. The monoisotopic (exact) mass is 248 g/mol. The summed E-state index contributed by atoms with van der Waals surface area (Å²) < 4.78 is 0. The van der Waals surface area contributed by atoms with E-state index < -0.39 is 0 Å². The predicted molar refractivity (Wildman–Crippen MR) is 74.4 cm³/mol. The minimum absolute atomic E-state index is 0.241. The summed E-state index contributed by atoms with van der Waals surface area (Å²) in [7, 11) is 2.10. The molecule has 0 amide bonds. The molecule has 1 aliphatic heterocycles. The Bertz CT molecular complexity index is 366. The molecule has 1 aliphatic rings. The molecule has 1 saturated heterocycles. The molecule has 1 aromatic carbocycles. The summed E-state index contributed by atoms with van der Waals surface area (Å²) in [5.41, 5.74) is 1.35. The van der Waals surface area contributed by atoms with Gasteiger partial charge in [-0.25, -0.2) is 0 Å². The van der Waals surface area contributed by atoms with Crippen LogP contribution in [0.25, 0.3) is 0 Å². The van der Waals surface area contributed by atoms with Crippen molar-refractivity contribution in [1.82, 2.24) is 9.80 Å². The second-order valence-electron chi connectivity index (χ2n) is 5.51. The molecule has 1 aromatic rings. The smallest absolute Gasteiger partial charge is 0.0679 e. The lowest BCUT2D eigenvalue weighted by molar-refractivity contribution is -0.0115. The third kappa shape index (κ3) is 3.10. The summed E-state index contributed by atoms with van der Waals surface area (Å²) in [4.78, 5) is 4.74. The van der Waals surface area contributed by atoms with E-state index in [4.69, 9.17) is 0 Å². The van der Waals surface area contributed by atoms with Crippen LogP contribution < -0.4 is 0 Å². The highest BCUT2D eigenvalue weighted by Crippen LogP contribution is 2.18. The Morgan fingerprint density at radius 1 is 1.28 bits per heavy atom. The Balaban J connectivity index is 2.03. The zero-order chi connectivity index (χ0) is 13.1. The molecule has 0 aliphatic carbocycles. The lowest BCUT2D eigenvalue weighted by atomic mass is 10.0. The summed E-state index contributed by atoms with van der Waals surface area (Å²) in [6, 6.07) is 11.3. The molecule has 0 aromatic heterocycles. The molecule has 3 heteroatoms. The minimum atomic E-state index is -0.277. The predicted octanol–water partition coefficient (Wildman–Crippen LogP) is 1.57. The minimum Gasteiger partial charge on any atom is -0.392 e. The van der Waals surface area contributed by atoms with Crippen LogP contribution in [0.1, 0.15) is 19.4 Å². The number of likely N-dealkylation sites (N-methyl/N-ethyl adjacent to an activating group) is 1. The van der Waals surface area contributed by atoms with Gasteiger partial charge in [0.25, 0.3) is 0 Å². The van der Waals surface area contributed by atoms with Gasteiger partial charge in [-0.2, -0.15) is 0 Å². The van der Waals surface area contributed by atoms with Crippen LogP contribution in [0.5, 0.6) is 0 Å². The van der Waals surface area contributed by atoms with E-state index in [1.54, 1.807) is 0 Å². The van der Waals surface area contributed by atoms with Crippen LogP contribution in [0.15, 0.2) is 30.3 Å². The fourth-order valence-corrected chi connectivity index (χ4v) is 2.79. The SMILES string of the molecule is CC(O)[C@H]1CN(Cc2ccccc2)[C@@H](C)CN1C.